The second kappa shape index (κ2) is 8.54. The Labute approximate surface area is 163 Å². The lowest BCUT2D eigenvalue weighted by atomic mass is 10.2. The maximum absolute atomic E-state index is 13.4. The average molecular weight is 386 g/mol. The van der Waals surface area contributed by atoms with E-state index in [1.807, 2.05) is 36.9 Å². The monoisotopic (exact) mass is 386 g/mol. The molecule has 0 saturated carbocycles. The molecule has 0 radical (unpaired) electrons. The summed E-state index contributed by atoms with van der Waals surface area (Å²) >= 11 is 1.59. The number of nitrogens with zero attached hydrogens (tertiary/aromatic N) is 4. The van der Waals surface area contributed by atoms with Gasteiger partial charge in [-0.15, -0.1) is 10.2 Å². The fourth-order valence-corrected chi connectivity index (χ4v) is 3.52. The number of halogens is 1. The van der Waals surface area contributed by atoms with Crippen molar-refractivity contribution in [1.82, 2.24) is 19.7 Å². The van der Waals surface area contributed by atoms with Gasteiger partial charge in [0, 0.05) is 11.4 Å². The fraction of sp³-hybridized carbons (Fsp3) is 0.300. The molecule has 2 aromatic carbocycles. The molecule has 0 aliphatic rings. The number of hydrogen-bond acceptors (Lipinski definition) is 5. The number of methoxy groups -OCH3 is 1. The molecule has 3 aromatic rings. The SMILES string of the molecule is COc1cccc(CSc2nnc([C@H](C)N(C)C)n2-c2ccc(F)cc2)c1. The summed E-state index contributed by atoms with van der Waals surface area (Å²) in [4.78, 5) is 2.07. The highest BCUT2D eigenvalue weighted by Crippen LogP contribution is 2.29. The van der Waals surface area contributed by atoms with Crippen molar-refractivity contribution in [1.29, 1.82) is 0 Å². The van der Waals surface area contributed by atoms with E-state index in [-0.39, 0.29) is 11.9 Å². The van der Waals surface area contributed by atoms with Crippen LogP contribution in [0.1, 0.15) is 24.4 Å². The summed E-state index contributed by atoms with van der Waals surface area (Å²) < 4.78 is 20.7. The van der Waals surface area contributed by atoms with E-state index >= 15 is 0 Å². The summed E-state index contributed by atoms with van der Waals surface area (Å²) in [5.74, 6) is 2.11. The van der Waals surface area contributed by atoms with Gasteiger partial charge < -0.3 is 4.74 Å². The zero-order valence-corrected chi connectivity index (χ0v) is 16.7. The van der Waals surface area contributed by atoms with E-state index in [1.165, 1.54) is 12.1 Å². The maximum atomic E-state index is 13.4. The van der Waals surface area contributed by atoms with Crippen molar-refractivity contribution < 1.29 is 9.13 Å². The zero-order chi connectivity index (χ0) is 19.4. The first-order chi connectivity index (χ1) is 13.0. The Bertz CT molecular complexity index is 895. The molecule has 0 amide bonds. The Balaban J connectivity index is 1.93. The molecule has 0 saturated heterocycles. The highest BCUT2D eigenvalue weighted by atomic mass is 32.2. The van der Waals surface area contributed by atoms with Crippen molar-refractivity contribution in [2.45, 2.75) is 23.9 Å². The minimum Gasteiger partial charge on any atom is -0.497 e. The molecule has 1 aromatic heterocycles. The van der Waals surface area contributed by atoms with Crippen molar-refractivity contribution in [2.75, 3.05) is 21.2 Å². The van der Waals surface area contributed by atoms with Crippen LogP contribution in [0.4, 0.5) is 4.39 Å². The van der Waals surface area contributed by atoms with Gasteiger partial charge in [-0.05, 0) is 63.0 Å². The molecule has 27 heavy (non-hydrogen) atoms. The van der Waals surface area contributed by atoms with Crippen LogP contribution in [0.15, 0.2) is 53.7 Å². The summed E-state index contributed by atoms with van der Waals surface area (Å²) in [6, 6.07) is 14.4. The summed E-state index contributed by atoms with van der Waals surface area (Å²) in [6.45, 7) is 2.07. The third-order valence-corrected chi connectivity index (χ3v) is 5.39. The van der Waals surface area contributed by atoms with Crippen molar-refractivity contribution in [3.8, 4) is 11.4 Å². The van der Waals surface area contributed by atoms with Crippen LogP contribution < -0.4 is 4.74 Å². The Morgan fingerprint density at radius 2 is 1.89 bits per heavy atom. The van der Waals surface area contributed by atoms with E-state index < -0.39 is 0 Å². The molecule has 1 heterocycles. The predicted octanol–water partition coefficient (Wildman–Crippen LogP) is 4.33. The molecule has 0 fully saturated rings. The number of rotatable bonds is 7. The van der Waals surface area contributed by atoms with Gasteiger partial charge in [0.25, 0.3) is 0 Å². The number of ether oxygens (including phenoxy) is 1. The van der Waals surface area contributed by atoms with Crippen molar-refractivity contribution in [3.05, 3.63) is 65.7 Å². The quantitative estimate of drug-likeness (QED) is 0.566. The van der Waals surface area contributed by atoms with E-state index in [4.69, 9.17) is 4.74 Å². The Hall–Kier alpha value is -2.38. The number of aromatic nitrogens is 3. The molecule has 7 heteroatoms. The van der Waals surface area contributed by atoms with Crippen molar-refractivity contribution >= 4 is 11.8 Å². The molecule has 0 aliphatic heterocycles. The standard InChI is InChI=1S/C20H23FN4OS/c1-14(24(2)3)19-22-23-20(25(19)17-10-8-16(21)9-11-17)27-13-15-6-5-7-18(12-15)26-4/h5-12,14H,13H2,1-4H3/t14-/m0/s1. The van der Waals surface area contributed by atoms with E-state index in [0.717, 1.165) is 33.7 Å². The number of thioether (sulfide) groups is 1. The van der Waals surface area contributed by atoms with E-state index in [1.54, 1.807) is 31.0 Å². The minimum absolute atomic E-state index is 0.0636. The first kappa shape index (κ1) is 19.4. The van der Waals surface area contributed by atoms with Gasteiger partial charge in [-0.2, -0.15) is 0 Å². The highest BCUT2D eigenvalue weighted by molar-refractivity contribution is 7.98. The lowest BCUT2D eigenvalue weighted by Gasteiger charge is -2.20. The Morgan fingerprint density at radius 1 is 1.15 bits per heavy atom. The second-order valence-electron chi connectivity index (χ2n) is 6.43. The van der Waals surface area contributed by atoms with Crippen LogP contribution in [-0.2, 0) is 5.75 Å². The molecule has 142 valence electrons. The zero-order valence-electron chi connectivity index (χ0n) is 15.9. The summed E-state index contributed by atoms with van der Waals surface area (Å²) in [6.07, 6.45) is 0. The first-order valence-electron chi connectivity index (χ1n) is 8.63. The van der Waals surface area contributed by atoms with Gasteiger partial charge in [0.2, 0.25) is 0 Å². The Morgan fingerprint density at radius 3 is 2.56 bits per heavy atom. The van der Waals surface area contributed by atoms with Crippen molar-refractivity contribution in [3.63, 3.8) is 0 Å². The smallest absolute Gasteiger partial charge is 0.196 e. The molecule has 0 aliphatic carbocycles. The molecular formula is C20H23FN4OS. The van der Waals surface area contributed by atoms with E-state index in [2.05, 4.69) is 28.1 Å². The van der Waals surface area contributed by atoms with Gasteiger partial charge in [-0.3, -0.25) is 9.47 Å². The number of benzene rings is 2. The molecule has 0 spiro atoms. The summed E-state index contributed by atoms with van der Waals surface area (Å²) in [5.41, 5.74) is 1.98. The normalized spacial score (nSPS) is 12.4. The van der Waals surface area contributed by atoms with Gasteiger partial charge in [0.1, 0.15) is 11.6 Å². The van der Waals surface area contributed by atoms with Crippen LogP contribution in [0.2, 0.25) is 0 Å². The van der Waals surface area contributed by atoms with Gasteiger partial charge in [0.15, 0.2) is 11.0 Å². The minimum atomic E-state index is -0.264. The van der Waals surface area contributed by atoms with Crippen molar-refractivity contribution in [2.24, 2.45) is 0 Å². The first-order valence-corrected chi connectivity index (χ1v) is 9.61. The molecule has 0 N–H and O–H groups in total. The van der Waals surface area contributed by atoms with Crippen LogP contribution in [0.3, 0.4) is 0 Å². The molecule has 1 atom stereocenters. The highest BCUT2D eigenvalue weighted by Gasteiger charge is 2.21. The van der Waals surface area contributed by atoms with Crippen LogP contribution >= 0.6 is 11.8 Å². The topological polar surface area (TPSA) is 43.2 Å². The van der Waals surface area contributed by atoms with Crippen LogP contribution in [0, 0.1) is 5.82 Å². The van der Waals surface area contributed by atoms with Gasteiger partial charge >= 0.3 is 0 Å². The molecular weight excluding hydrogens is 363 g/mol. The van der Waals surface area contributed by atoms with Gasteiger partial charge in [-0.25, -0.2) is 4.39 Å². The van der Waals surface area contributed by atoms with Crippen LogP contribution in [0.5, 0.6) is 5.75 Å². The average Bonchev–Trinajstić information content (AvgIpc) is 3.10. The third kappa shape index (κ3) is 4.48. The lowest BCUT2D eigenvalue weighted by Crippen LogP contribution is -2.20. The molecule has 0 unspecified atom stereocenters. The second-order valence-corrected chi connectivity index (χ2v) is 7.37. The Kier molecular flexibility index (Phi) is 6.13. The molecule has 3 rings (SSSR count). The lowest BCUT2D eigenvalue weighted by molar-refractivity contribution is 0.305. The number of hydrogen-bond donors (Lipinski definition) is 0. The maximum Gasteiger partial charge on any atom is 0.196 e. The largest absolute Gasteiger partial charge is 0.497 e. The summed E-state index contributed by atoms with van der Waals surface area (Å²) in [5, 5.41) is 9.59. The summed E-state index contributed by atoms with van der Waals surface area (Å²) in [7, 11) is 5.65. The van der Waals surface area contributed by atoms with Gasteiger partial charge in [0.05, 0.1) is 13.2 Å². The fourth-order valence-electron chi connectivity index (χ4n) is 2.62. The van der Waals surface area contributed by atoms with E-state index in [9.17, 15) is 4.39 Å². The van der Waals surface area contributed by atoms with E-state index in [0.29, 0.717) is 0 Å². The van der Waals surface area contributed by atoms with Gasteiger partial charge in [-0.1, -0.05) is 23.9 Å². The predicted molar refractivity (Wildman–Crippen MR) is 106 cm³/mol. The van der Waals surface area contributed by atoms with Crippen LogP contribution in [0.25, 0.3) is 5.69 Å². The molecule has 0 bridgehead atoms. The molecule has 5 nitrogen and oxygen atoms in total. The third-order valence-electron chi connectivity index (χ3n) is 4.39. The van der Waals surface area contributed by atoms with Crippen LogP contribution in [-0.4, -0.2) is 40.9 Å².